The van der Waals surface area contributed by atoms with Crippen LogP contribution < -0.4 is 10.6 Å². The molecule has 0 aliphatic rings. The maximum atomic E-state index is 12.7. The summed E-state index contributed by atoms with van der Waals surface area (Å²) in [5.74, 6) is -0.526. The van der Waals surface area contributed by atoms with E-state index < -0.39 is 6.04 Å². The summed E-state index contributed by atoms with van der Waals surface area (Å²) in [6.07, 6.45) is 0.854. The summed E-state index contributed by atoms with van der Waals surface area (Å²) < 4.78 is 12.7. The standard InChI is InChI=1S/C14H19FN2O2S/c1-3-8-16-14(19)10(2)17-13(18)9-20-12-6-4-11(15)5-7-12/h4-7,10H,3,8-9H2,1-2H3,(H,16,19)(H,17,18)/t10-/m1/s1. The average molecular weight is 298 g/mol. The molecule has 0 heterocycles. The van der Waals surface area contributed by atoms with Crippen LogP contribution in [0.2, 0.25) is 0 Å². The number of carbonyl (C=O) groups excluding carboxylic acids is 2. The van der Waals surface area contributed by atoms with Crippen LogP contribution >= 0.6 is 11.8 Å². The molecule has 2 amide bonds. The maximum Gasteiger partial charge on any atom is 0.242 e. The van der Waals surface area contributed by atoms with E-state index in [9.17, 15) is 14.0 Å². The first-order chi connectivity index (χ1) is 9.52. The molecular formula is C14H19FN2O2S. The molecule has 0 bridgehead atoms. The van der Waals surface area contributed by atoms with Gasteiger partial charge in [0.2, 0.25) is 11.8 Å². The summed E-state index contributed by atoms with van der Waals surface area (Å²) in [4.78, 5) is 24.1. The number of hydrogen-bond acceptors (Lipinski definition) is 3. The quantitative estimate of drug-likeness (QED) is 0.757. The lowest BCUT2D eigenvalue weighted by molar-refractivity contribution is -0.127. The second-order valence-electron chi connectivity index (χ2n) is 4.32. The molecule has 0 aliphatic carbocycles. The number of rotatable bonds is 7. The van der Waals surface area contributed by atoms with E-state index in [1.54, 1.807) is 19.1 Å². The molecule has 0 aromatic heterocycles. The van der Waals surface area contributed by atoms with Crippen LogP contribution in [0, 0.1) is 5.82 Å². The maximum absolute atomic E-state index is 12.7. The minimum absolute atomic E-state index is 0.188. The van der Waals surface area contributed by atoms with Crippen molar-refractivity contribution in [1.82, 2.24) is 10.6 Å². The Morgan fingerprint density at radius 2 is 1.95 bits per heavy atom. The number of thioether (sulfide) groups is 1. The van der Waals surface area contributed by atoms with Crippen LogP contribution in [0.5, 0.6) is 0 Å². The minimum Gasteiger partial charge on any atom is -0.354 e. The third-order valence-corrected chi connectivity index (χ3v) is 3.52. The lowest BCUT2D eigenvalue weighted by Crippen LogP contribution is -2.45. The van der Waals surface area contributed by atoms with Gasteiger partial charge in [-0.05, 0) is 37.6 Å². The fourth-order valence-electron chi connectivity index (χ4n) is 1.43. The summed E-state index contributed by atoms with van der Waals surface area (Å²) in [6, 6.07) is 5.38. The molecular weight excluding hydrogens is 279 g/mol. The highest BCUT2D eigenvalue weighted by molar-refractivity contribution is 8.00. The Morgan fingerprint density at radius 1 is 1.30 bits per heavy atom. The highest BCUT2D eigenvalue weighted by Gasteiger charge is 2.14. The molecule has 0 aliphatic heterocycles. The molecule has 2 N–H and O–H groups in total. The molecule has 0 radical (unpaired) electrons. The van der Waals surface area contributed by atoms with Crippen molar-refractivity contribution >= 4 is 23.6 Å². The van der Waals surface area contributed by atoms with Gasteiger partial charge in [0, 0.05) is 11.4 Å². The zero-order valence-electron chi connectivity index (χ0n) is 11.6. The first kappa shape index (κ1) is 16.5. The number of amides is 2. The van der Waals surface area contributed by atoms with E-state index in [0.717, 1.165) is 11.3 Å². The normalized spacial score (nSPS) is 11.8. The van der Waals surface area contributed by atoms with Crippen molar-refractivity contribution in [3.8, 4) is 0 Å². The average Bonchev–Trinajstić information content (AvgIpc) is 2.44. The molecule has 0 saturated carbocycles. The summed E-state index contributed by atoms with van der Waals surface area (Å²) in [6.45, 7) is 4.21. The van der Waals surface area contributed by atoms with Gasteiger partial charge in [0.05, 0.1) is 5.75 Å². The first-order valence-corrected chi connectivity index (χ1v) is 7.47. The molecule has 0 saturated heterocycles. The third-order valence-electron chi connectivity index (χ3n) is 2.50. The molecule has 20 heavy (non-hydrogen) atoms. The van der Waals surface area contributed by atoms with Crippen molar-refractivity contribution in [2.75, 3.05) is 12.3 Å². The second kappa shape index (κ2) is 8.58. The highest BCUT2D eigenvalue weighted by Crippen LogP contribution is 2.17. The van der Waals surface area contributed by atoms with E-state index in [0.29, 0.717) is 6.54 Å². The molecule has 6 heteroatoms. The Labute approximate surface area is 122 Å². The third kappa shape index (κ3) is 6.06. The summed E-state index contributed by atoms with van der Waals surface area (Å²) in [7, 11) is 0. The van der Waals surface area contributed by atoms with Gasteiger partial charge in [0.25, 0.3) is 0 Å². The number of benzene rings is 1. The van der Waals surface area contributed by atoms with Gasteiger partial charge in [-0.15, -0.1) is 11.8 Å². The summed E-state index contributed by atoms with van der Waals surface area (Å²) in [5.41, 5.74) is 0. The second-order valence-corrected chi connectivity index (χ2v) is 5.37. The van der Waals surface area contributed by atoms with Crippen molar-refractivity contribution in [3.05, 3.63) is 30.1 Å². The molecule has 1 aromatic carbocycles. The molecule has 0 unspecified atom stereocenters. The molecule has 110 valence electrons. The van der Waals surface area contributed by atoms with Crippen molar-refractivity contribution in [3.63, 3.8) is 0 Å². The van der Waals surface area contributed by atoms with Crippen molar-refractivity contribution < 1.29 is 14.0 Å². The van der Waals surface area contributed by atoms with E-state index in [1.165, 1.54) is 23.9 Å². The largest absolute Gasteiger partial charge is 0.354 e. The van der Waals surface area contributed by atoms with Crippen LogP contribution in [-0.4, -0.2) is 30.2 Å². The Hall–Kier alpha value is -1.56. The molecule has 1 rings (SSSR count). The highest BCUT2D eigenvalue weighted by atomic mass is 32.2. The molecule has 0 fully saturated rings. The van der Waals surface area contributed by atoms with E-state index in [4.69, 9.17) is 0 Å². The lowest BCUT2D eigenvalue weighted by atomic mass is 10.3. The van der Waals surface area contributed by atoms with Crippen molar-refractivity contribution in [2.24, 2.45) is 0 Å². The van der Waals surface area contributed by atoms with Gasteiger partial charge < -0.3 is 10.6 Å². The number of hydrogen-bond donors (Lipinski definition) is 2. The molecule has 1 aromatic rings. The van der Waals surface area contributed by atoms with Gasteiger partial charge in [0.1, 0.15) is 11.9 Å². The Morgan fingerprint density at radius 3 is 2.55 bits per heavy atom. The number of halogens is 1. The fraction of sp³-hybridized carbons (Fsp3) is 0.429. The lowest BCUT2D eigenvalue weighted by Gasteiger charge is -2.13. The Balaban J connectivity index is 2.32. The fourth-order valence-corrected chi connectivity index (χ4v) is 2.14. The van der Waals surface area contributed by atoms with Crippen molar-refractivity contribution in [2.45, 2.75) is 31.2 Å². The molecule has 4 nitrogen and oxygen atoms in total. The van der Waals surface area contributed by atoms with Gasteiger partial charge in [-0.1, -0.05) is 6.92 Å². The first-order valence-electron chi connectivity index (χ1n) is 6.48. The predicted molar refractivity (Wildman–Crippen MR) is 78.0 cm³/mol. The van der Waals surface area contributed by atoms with E-state index in [-0.39, 0.29) is 23.4 Å². The summed E-state index contributed by atoms with van der Waals surface area (Å²) >= 11 is 1.30. The monoisotopic (exact) mass is 298 g/mol. The zero-order valence-corrected chi connectivity index (χ0v) is 12.4. The van der Waals surface area contributed by atoms with E-state index in [2.05, 4.69) is 10.6 Å². The topological polar surface area (TPSA) is 58.2 Å². The smallest absolute Gasteiger partial charge is 0.242 e. The molecule has 1 atom stereocenters. The molecule has 0 spiro atoms. The van der Waals surface area contributed by atoms with Gasteiger partial charge >= 0.3 is 0 Å². The van der Waals surface area contributed by atoms with E-state index >= 15 is 0 Å². The Bertz CT molecular complexity index is 451. The van der Waals surface area contributed by atoms with Gasteiger partial charge in [-0.3, -0.25) is 9.59 Å². The number of nitrogens with one attached hydrogen (secondary N) is 2. The predicted octanol–water partition coefficient (Wildman–Crippen LogP) is 1.95. The van der Waals surface area contributed by atoms with Crippen LogP contribution in [0.15, 0.2) is 29.2 Å². The van der Waals surface area contributed by atoms with Gasteiger partial charge in [-0.2, -0.15) is 0 Å². The van der Waals surface area contributed by atoms with E-state index in [1.807, 2.05) is 6.92 Å². The minimum atomic E-state index is -0.553. The number of carbonyl (C=O) groups is 2. The van der Waals surface area contributed by atoms with Crippen LogP contribution in [0.3, 0.4) is 0 Å². The summed E-state index contributed by atoms with van der Waals surface area (Å²) in [5, 5.41) is 5.34. The van der Waals surface area contributed by atoms with Crippen LogP contribution in [0.1, 0.15) is 20.3 Å². The Kier molecular flexibility index (Phi) is 7.08. The zero-order chi connectivity index (χ0) is 15.0. The van der Waals surface area contributed by atoms with Crippen LogP contribution in [-0.2, 0) is 9.59 Å². The van der Waals surface area contributed by atoms with Gasteiger partial charge in [0.15, 0.2) is 0 Å². The van der Waals surface area contributed by atoms with Gasteiger partial charge in [-0.25, -0.2) is 4.39 Å². The van der Waals surface area contributed by atoms with Crippen molar-refractivity contribution in [1.29, 1.82) is 0 Å². The SMILES string of the molecule is CCCNC(=O)[C@@H](C)NC(=O)CSc1ccc(F)cc1. The van der Waals surface area contributed by atoms with Crippen LogP contribution in [0.4, 0.5) is 4.39 Å². The van der Waals surface area contributed by atoms with Crippen LogP contribution in [0.25, 0.3) is 0 Å².